The summed E-state index contributed by atoms with van der Waals surface area (Å²) in [6.07, 6.45) is 5.12. The third kappa shape index (κ3) is 4.03. The molecule has 9 heteroatoms. The van der Waals surface area contributed by atoms with Gasteiger partial charge in [-0.05, 0) is 55.3 Å². The third-order valence-corrected chi connectivity index (χ3v) is 7.88. The first-order chi connectivity index (χ1) is 16.5. The first kappa shape index (κ1) is 22.1. The molecule has 0 amide bonds. The number of nitrogens with one attached hydrogen (secondary N) is 1. The van der Waals surface area contributed by atoms with Crippen LogP contribution in [-0.2, 0) is 9.84 Å². The van der Waals surface area contributed by atoms with Gasteiger partial charge in [-0.15, -0.1) is 0 Å². The van der Waals surface area contributed by atoms with Crippen LogP contribution in [0.4, 0.5) is 11.6 Å². The molecule has 5 rings (SSSR count). The van der Waals surface area contributed by atoms with E-state index in [1.807, 2.05) is 24.3 Å². The highest BCUT2D eigenvalue weighted by Crippen LogP contribution is 2.32. The fraction of sp³-hybridized carbons (Fsp3) is 0.240. The molecule has 174 valence electrons. The summed E-state index contributed by atoms with van der Waals surface area (Å²) in [6.45, 7) is 0. The summed E-state index contributed by atoms with van der Waals surface area (Å²) in [5.74, 6) is 1.05. The van der Waals surface area contributed by atoms with Crippen LogP contribution in [-0.4, -0.2) is 30.1 Å². The van der Waals surface area contributed by atoms with E-state index in [0.29, 0.717) is 17.0 Å². The maximum atomic E-state index is 13.6. The normalized spacial score (nSPS) is 14.4. The standard InChI is InChI=1S/C25H24N4O4S/c1-33-20-13-11-18(12-14-20)27-25-26-16-17-15-22(34(31,32)21-9-3-2-4-10-21)24(30)29(23(17)28-25)19-7-5-6-8-19/h2-4,9-16,19H,5-8H2,1H3,(H,26,27,28). The number of pyridine rings is 1. The monoisotopic (exact) mass is 476 g/mol. The van der Waals surface area contributed by atoms with Gasteiger partial charge in [0.15, 0.2) is 0 Å². The summed E-state index contributed by atoms with van der Waals surface area (Å²) < 4.78 is 33.4. The third-order valence-electron chi connectivity index (χ3n) is 6.12. The number of fused-ring (bicyclic) bond motifs is 1. The van der Waals surface area contributed by atoms with E-state index in [0.717, 1.165) is 37.1 Å². The number of anilines is 2. The molecule has 2 heterocycles. The van der Waals surface area contributed by atoms with E-state index < -0.39 is 15.4 Å². The molecule has 0 unspecified atom stereocenters. The lowest BCUT2D eigenvalue weighted by Crippen LogP contribution is -2.29. The second kappa shape index (κ2) is 8.90. The highest BCUT2D eigenvalue weighted by molar-refractivity contribution is 7.91. The van der Waals surface area contributed by atoms with Crippen molar-refractivity contribution in [3.05, 3.63) is 77.2 Å². The van der Waals surface area contributed by atoms with Crippen molar-refractivity contribution in [3.63, 3.8) is 0 Å². The Balaban J connectivity index is 1.65. The quantitative estimate of drug-likeness (QED) is 0.437. The molecule has 2 aromatic carbocycles. The topological polar surface area (TPSA) is 103 Å². The van der Waals surface area contributed by atoms with Gasteiger partial charge in [-0.2, -0.15) is 4.98 Å². The Morgan fingerprint density at radius 3 is 2.41 bits per heavy atom. The zero-order valence-electron chi connectivity index (χ0n) is 18.6. The molecule has 34 heavy (non-hydrogen) atoms. The van der Waals surface area contributed by atoms with E-state index in [-0.39, 0.29) is 15.8 Å². The van der Waals surface area contributed by atoms with Crippen LogP contribution in [0.5, 0.6) is 5.75 Å². The second-order valence-corrected chi connectivity index (χ2v) is 10.2. The Bertz CT molecular complexity index is 1490. The highest BCUT2D eigenvalue weighted by Gasteiger charge is 2.28. The van der Waals surface area contributed by atoms with E-state index in [1.54, 1.807) is 36.1 Å². The number of nitrogens with zero attached hydrogens (tertiary/aromatic N) is 3. The molecule has 1 saturated carbocycles. The maximum absolute atomic E-state index is 13.6. The van der Waals surface area contributed by atoms with Gasteiger partial charge in [0.1, 0.15) is 16.3 Å². The lowest BCUT2D eigenvalue weighted by atomic mass is 10.2. The minimum Gasteiger partial charge on any atom is -0.497 e. The minimum absolute atomic E-state index is 0.0862. The smallest absolute Gasteiger partial charge is 0.271 e. The number of hydrogen-bond acceptors (Lipinski definition) is 7. The summed E-state index contributed by atoms with van der Waals surface area (Å²) in [4.78, 5) is 22.5. The summed E-state index contributed by atoms with van der Waals surface area (Å²) in [5.41, 5.74) is 0.644. The number of sulfone groups is 1. The summed E-state index contributed by atoms with van der Waals surface area (Å²) in [5, 5.41) is 3.65. The van der Waals surface area contributed by atoms with Gasteiger partial charge < -0.3 is 10.1 Å². The lowest BCUT2D eigenvalue weighted by molar-refractivity contribution is 0.415. The van der Waals surface area contributed by atoms with Crippen LogP contribution >= 0.6 is 0 Å². The minimum atomic E-state index is -3.99. The van der Waals surface area contributed by atoms with Crippen molar-refractivity contribution in [2.75, 3.05) is 12.4 Å². The molecule has 1 aliphatic rings. The van der Waals surface area contributed by atoms with Crippen LogP contribution in [0.2, 0.25) is 0 Å². The van der Waals surface area contributed by atoms with Crippen LogP contribution in [0.1, 0.15) is 31.7 Å². The van der Waals surface area contributed by atoms with Gasteiger partial charge in [0, 0.05) is 23.3 Å². The molecular formula is C25H24N4O4S. The fourth-order valence-electron chi connectivity index (χ4n) is 4.38. The molecule has 0 spiro atoms. The zero-order chi connectivity index (χ0) is 23.7. The van der Waals surface area contributed by atoms with Crippen molar-refractivity contribution < 1.29 is 13.2 Å². The first-order valence-electron chi connectivity index (χ1n) is 11.1. The fourth-order valence-corrected chi connectivity index (χ4v) is 5.76. The van der Waals surface area contributed by atoms with Gasteiger partial charge in [-0.1, -0.05) is 31.0 Å². The molecule has 2 aromatic heterocycles. The average Bonchev–Trinajstić information content (AvgIpc) is 3.39. The number of aromatic nitrogens is 3. The second-order valence-electron chi connectivity index (χ2n) is 8.26. The Hall–Kier alpha value is -3.72. The summed E-state index contributed by atoms with van der Waals surface area (Å²) in [6, 6.07) is 16.6. The highest BCUT2D eigenvalue weighted by atomic mass is 32.2. The van der Waals surface area contributed by atoms with Gasteiger partial charge in [-0.3, -0.25) is 9.36 Å². The summed E-state index contributed by atoms with van der Waals surface area (Å²) in [7, 11) is -2.39. The van der Waals surface area contributed by atoms with Gasteiger partial charge in [0.2, 0.25) is 15.8 Å². The number of rotatable bonds is 6. The SMILES string of the molecule is COc1ccc(Nc2ncc3cc(S(=O)(=O)c4ccccc4)c(=O)n(C4CCCC4)c3n2)cc1. The van der Waals surface area contributed by atoms with E-state index >= 15 is 0 Å². The van der Waals surface area contributed by atoms with Crippen LogP contribution in [0.15, 0.2) is 81.4 Å². The number of ether oxygens (including phenoxy) is 1. The Morgan fingerprint density at radius 1 is 1.03 bits per heavy atom. The molecular weight excluding hydrogens is 452 g/mol. The largest absolute Gasteiger partial charge is 0.497 e. The van der Waals surface area contributed by atoms with E-state index in [1.165, 1.54) is 18.2 Å². The van der Waals surface area contributed by atoms with Crippen molar-refractivity contribution in [3.8, 4) is 5.75 Å². The molecule has 0 bridgehead atoms. The van der Waals surface area contributed by atoms with Gasteiger partial charge in [0.05, 0.1) is 12.0 Å². The molecule has 1 fully saturated rings. The van der Waals surface area contributed by atoms with E-state index in [9.17, 15) is 13.2 Å². The number of hydrogen-bond donors (Lipinski definition) is 1. The van der Waals surface area contributed by atoms with E-state index in [2.05, 4.69) is 15.3 Å². The molecule has 0 radical (unpaired) electrons. The Labute approximate surface area is 197 Å². The number of methoxy groups -OCH3 is 1. The zero-order valence-corrected chi connectivity index (χ0v) is 19.5. The van der Waals surface area contributed by atoms with Crippen molar-refractivity contribution in [1.29, 1.82) is 0 Å². The van der Waals surface area contributed by atoms with Crippen molar-refractivity contribution in [2.24, 2.45) is 0 Å². The molecule has 0 aliphatic heterocycles. The predicted octanol–water partition coefficient (Wildman–Crippen LogP) is 4.49. The first-order valence-corrected chi connectivity index (χ1v) is 12.6. The van der Waals surface area contributed by atoms with Crippen LogP contribution < -0.4 is 15.6 Å². The van der Waals surface area contributed by atoms with Crippen molar-refractivity contribution in [2.45, 2.75) is 41.5 Å². The lowest BCUT2D eigenvalue weighted by Gasteiger charge is -2.18. The molecule has 8 nitrogen and oxygen atoms in total. The van der Waals surface area contributed by atoms with Crippen molar-refractivity contribution in [1.82, 2.24) is 14.5 Å². The van der Waals surface area contributed by atoms with Crippen LogP contribution in [0, 0.1) is 0 Å². The molecule has 0 saturated heterocycles. The van der Waals surface area contributed by atoms with E-state index in [4.69, 9.17) is 4.74 Å². The number of benzene rings is 2. The maximum Gasteiger partial charge on any atom is 0.271 e. The molecule has 0 atom stereocenters. The molecule has 1 N–H and O–H groups in total. The van der Waals surface area contributed by atoms with Gasteiger partial charge in [-0.25, -0.2) is 13.4 Å². The van der Waals surface area contributed by atoms with Crippen LogP contribution in [0.25, 0.3) is 11.0 Å². The van der Waals surface area contributed by atoms with Gasteiger partial charge in [0.25, 0.3) is 5.56 Å². The van der Waals surface area contributed by atoms with Gasteiger partial charge >= 0.3 is 0 Å². The average molecular weight is 477 g/mol. The Kier molecular flexibility index (Phi) is 5.79. The van der Waals surface area contributed by atoms with Crippen LogP contribution in [0.3, 0.4) is 0 Å². The summed E-state index contributed by atoms with van der Waals surface area (Å²) >= 11 is 0. The van der Waals surface area contributed by atoms with Crippen molar-refractivity contribution >= 4 is 32.5 Å². The molecule has 4 aromatic rings. The molecule has 1 aliphatic carbocycles. The predicted molar refractivity (Wildman–Crippen MR) is 129 cm³/mol. The Morgan fingerprint density at radius 2 is 1.74 bits per heavy atom.